The molecule has 0 saturated carbocycles. The quantitative estimate of drug-likeness (QED) is 0.702. The molecule has 0 unspecified atom stereocenters. The van der Waals surface area contributed by atoms with Gasteiger partial charge in [0.2, 0.25) is 0 Å². The van der Waals surface area contributed by atoms with Crippen molar-refractivity contribution in [1.82, 2.24) is 0 Å². The van der Waals surface area contributed by atoms with Gasteiger partial charge in [0.05, 0.1) is 5.56 Å². The average molecular weight is 216 g/mol. The van der Waals surface area contributed by atoms with E-state index in [1.165, 1.54) is 6.07 Å². The summed E-state index contributed by atoms with van der Waals surface area (Å²) in [6, 6.07) is 4.57. The highest BCUT2D eigenvalue weighted by molar-refractivity contribution is 9.10. The number of anilines is 1. The molecule has 0 saturated heterocycles. The van der Waals surface area contributed by atoms with Gasteiger partial charge in [-0.15, -0.1) is 0 Å². The monoisotopic (exact) mass is 215 g/mol. The molecule has 0 bridgehead atoms. The van der Waals surface area contributed by atoms with Crippen molar-refractivity contribution >= 4 is 27.6 Å². The second-order valence-electron chi connectivity index (χ2n) is 2.04. The number of aromatic carboxylic acids is 1. The number of carbonyl (C=O) groups is 1. The van der Waals surface area contributed by atoms with Crippen LogP contribution in [0.2, 0.25) is 0 Å². The van der Waals surface area contributed by atoms with E-state index < -0.39 is 5.97 Å². The lowest BCUT2D eigenvalue weighted by Gasteiger charge is -1.98. The maximum atomic E-state index is 10.5. The molecule has 3 N–H and O–H groups in total. The SMILES string of the molecule is Nc1ccc(C(=O)O)c(Br)c1. The molecule has 0 atom stereocenters. The third-order valence-corrected chi connectivity index (χ3v) is 1.88. The van der Waals surface area contributed by atoms with E-state index in [1.54, 1.807) is 12.1 Å². The van der Waals surface area contributed by atoms with Gasteiger partial charge in [-0.05, 0) is 34.1 Å². The number of rotatable bonds is 1. The zero-order valence-electron chi connectivity index (χ0n) is 5.54. The van der Waals surface area contributed by atoms with E-state index in [4.69, 9.17) is 10.8 Å². The first-order chi connectivity index (χ1) is 5.11. The molecule has 1 aromatic carbocycles. The third-order valence-electron chi connectivity index (χ3n) is 1.22. The van der Waals surface area contributed by atoms with Gasteiger partial charge in [-0.3, -0.25) is 0 Å². The molecule has 0 radical (unpaired) electrons. The summed E-state index contributed by atoms with van der Waals surface area (Å²) < 4.78 is 0.505. The topological polar surface area (TPSA) is 63.3 Å². The second-order valence-corrected chi connectivity index (χ2v) is 2.90. The van der Waals surface area contributed by atoms with Crippen molar-refractivity contribution in [3.63, 3.8) is 0 Å². The molecule has 0 aliphatic carbocycles. The molecule has 0 aromatic heterocycles. The van der Waals surface area contributed by atoms with Crippen LogP contribution in [0.5, 0.6) is 0 Å². The summed E-state index contributed by atoms with van der Waals surface area (Å²) in [5.74, 6) is -0.961. The number of carboxylic acids is 1. The highest BCUT2D eigenvalue weighted by Gasteiger charge is 2.06. The highest BCUT2D eigenvalue weighted by Crippen LogP contribution is 2.19. The van der Waals surface area contributed by atoms with Crippen LogP contribution in [-0.2, 0) is 0 Å². The molecule has 1 aromatic rings. The maximum Gasteiger partial charge on any atom is 0.336 e. The summed E-state index contributed by atoms with van der Waals surface area (Å²) in [7, 11) is 0. The van der Waals surface area contributed by atoms with Crippen molar-refractivity contribution in [3.8, 4) is 0 Å². The van der Waals surface area contributed by atoms with Gasteiger partial charge >= 0.3 is 5.97 Å². The molecule has 1 rings (SSSR count). The van der Waals surface area contributed by atoms with Gasteiger partial charge in [0.25, 0.3) is 0 Å². The summed E-state index contributed by atoms with van der Waals surface area (Å²) >= 11 is 3.09. The zero-order chi connectivity index (χ0) is 8.43. The van der Waals surface area contributed by atoms with E-state index in [0.29, 0.717) is 10.2 Å². The smallest absolute Gasteiger partial charge is 0.336 e. The number of nitrogen functional groups attached to an aromatic ring is 1. The second kappa shape index (κ2) is 2.92. The van der Waals surface area contributed by atoms with E-state index >= 15 is 0 Å². The molecule has 0 heterocycles. The molecule has 11 heavy (non-hydrogen) atoms. The highest BCUT2D eigenvalue weighted by atomic mass is 79.9. The van der Waals surface area contributed by atoms with E-state index in [2.05, 4.69) is 15.9 Å². The minimum Gasteiger partial charge on any atom is -0.478 e. The van der Waals surface area contributed by atoms with Crippen molar-refractivity contribution in [2.24, 2.45) is 0 Å². The molecule has 4 heteroatoms. The van der Waals surface area contributed by atoms with E-state index in [1.807, 2.05) is 0 Å². The van der Waals surface area contributed by atoms with Crippen molar-refractivity contribution < 1.29 is 9.90 Å². The largest absolute Gasteiger partial charge is 0.478 e. The van der Waals surface area contributed by atoms with Crippen LogP contribution in [-0.4, -0.2) is 11.1 Å². The molecule has 0 aliphatic heterocycles. The molecule has 0 spiro atoms. The Balaban J connectivity index is 3.20. The zero-order valence-corrected chi connectivity index (χ0v) is 7.13. The summed E-state index contributed by atoms with van der Waals surface area (Å²) in [6.07, 6.45) is 0. The van der Waals surface area contributed by atoms with E-state index in [-0.39, 0.29) is 5.56 Å². The number of hydrogen-bond acceptors (Lipinski definition) is 2. The molecular formula is C7H6BrNO2. The van der Waals surface area contributed by atoms with E-state index in [0.717, 1.165) is 0 Å². The number of carboxylic acid groups (broad SMARTS) is 1. The molecular weight excluding hydrogens is 210 g/mol. The molecule has 0 aliphatic rings. The Morgan fingerprint density at radius 3 is 2.64 bits per heavy atom. The predicted molar refractivity (Wildman–Crippen MR) is 45.5 cm³/mol. The lowest BCUT2D eigenvalue weighted by atomic mass is 10.2. The van der Waals surface area contributed by atoms with Gasteiger partial charge < -0.3 is 10.8 Å². The Hall–Kier alpha value is -1.03. The molecule has 58 valence electrons. The Morgan fingerprint density at radius 2 is 2.18 bits per heavy atom. The first kappa shape index (κ1) is 8.07. The fourth-order valence-electron chi connectivity index (χ4n) is 0.705. The first-order valence-corrected chi connectivity index (χ1v) is 3.69. The molecule has 0 fully saturated rings. The maximum absolute atomic E-state index is 10.5. The Bertz CT molecular complexity index is 298. The lowest BCUT2D eigenvalue weighted by Crippen LogP contribution is -1.97. The minimum absolute atomic E-state index is 0.221. The van der Waals surface area contributed by atoms with Crippen LogP contribution >= 0.6 is 15.9 Å². The number of benzene rings is 1. The molecule has 3 nitrogen and oxygen atoms in total. The fourth-order valence-corrected chi connectivity index (χ4v) is 1.27. The summed E-state index contributed by atoms with van der Waals surface area (Å²) in [6.45, 7) is 0. The summed E-state index contributed by atoms with van der Waals surface area (Å²) in [5, 5.41) is 8.59. The van der Waals surface area contributed by atoms with Crippen LogP contribution in [0.1, 0.15) is 10.4 Å². The normalized spacial score (nSPS) is 9.55. The Kier molecular flexibility index (Phi) is 2.14. The first-order valence-electron chi connectivity index (χ1n) is 2.89. The standard InChI is InChI=1S/C7H6BrNO2/c8-6-3-4(9)1-2-5(6)7(10)11/h1-3H,9H2,(H,10,11). The van der Waals surface area contributed by atoms with Crippen LogP contribution in [0.25, 0.3) is 0 Å². The van der Waals surface area contributed by atoms with Crippen LogP contribution in [0.4, 0.5) is 5.69 Å². The van der Waals surface area contributed by atoms with Crippen molar-refractivity contribution in [2.45, 2.75) is 0 Å². The average Bonchev–Trinajstić information content (AvgIpc) is 1.85. The van der Waals surface area contributed by atoms with Crippen LogP contribution in [0.15, 0.2) is 22.7 Å². The Labute approximate surface area is 72.0 Å². The summed E-state index contributed by atoms with van der Waals surface area (Å²) in [4.78, 5) is 10.5. The fraction of sp³-hybridized carbons (Fsp3) is 0. The van der Waals surface area contributed by atoms with E-state index in [9.17, 15) is 4.79 Å². The van der Waals surface area contributed by atoms with Gasteiger partial charge in [0.15, 0.2) is 0 Å². The van der Waals surface area contributed by atoms with Gasteiger partial charge in [0.1, 0.15) is 0 Å². The number of halogens is 1. The van der Waals surface area contributed by atoms with Crippen LogP contribution in [0, 0.1) is 0 Å². The minimum atomic E-state index is -0.961. The Morgan fingerprint density at radius 1 is 1.55 bits per heavy atom. The van der Waals surface area contributed by atoms with Crippen LogP contribution in [0.3, 0.4) is 0 Å². The summed E-state index contributed by atoms with van der Waals surface area (Å²) in [5.41, 5.74) is 6.17. The number of nitrogens with two attached hydrogens (primary N) is 1. The van der Waals surface area contributed by atoms with Crippen molar-refractivity contribution in [2.75, 3.05) is 5.73 Å². The van der Waals surface area contributed by atoms with Gasteiger partial charge in [-0.2, -0.15) is 0 Å². The van der Waals surface area contributed by atoms with Gasteiger partial charge in [-0.1, -0.05) is 0 Å². The molecule has 0 amide bonds. The van der Waals surface area contributed by atoms with Gasteiger partial charge in [-0.25, -0.2) is 4.79 Å². The van der Waals surface area contributed by atoms with Crippen molar-refractivity contribution in [1.29, 1.82) is 0 Å². The number of hydrogen-bond donors (Lipinski definition) is 2. The third kappa shape index (κ3) is 1.71. The van der Waals surface area contributed by atoms with Crippen molar-refractivity contribution in [3.05, 3.63) is 28.2 Å². The lowest BCUT2D eigenvalue weighted by molar-refractivity contribution is 0.0696. The predicted octanol–water partition coefficient (Wildman–Crippen LogP) is 1.73. The van der Waals surface area contributed by atoms with Gasteiger partial charge in [0, 0.05) is 10.2 Å². The van der Waals surface area contributed by atoms with Crippen LogP contribution < -0.4 is 5.73 Å².